The van der Waals surface area contributed by atoms with Gasteiger partial charge in [0.25, 0.3) is 5.89 Å². The van der Waals surface area contributed by atoms with Gasteiger partial charge in [-0.15, -0.1) is 0 Å². The Bertz CT molecular complexity index is 536. The van der Waals surface area contributed by atoms with Crippen LogP contribution in [-0.2, 0) is 4.74 Å². The number of rotatable bonds is 5. The van der Waals surface area contributed by atoms with Gasteiger partial charge in [-0.05, 0) is 37.6 Å². The molecular formula is C13H16FN3O2. The van der Waals surface area contributed by atoms with Gasteiger partial charge in [0.1, 0.15) is 5.82 Å². The van der Waals surface area contributed by atoms with Gasteiger partial charge in [0.2, 0.25) is 0 Å². The van der Waals surface area contributed by atoms with Crippen LogP contribution in [-0.4, -0.2) is 23.4 Å². The van der Waals surface area contributed by atoms with Crippen molar-refractivity contribution in [3.05, 3.63) is 35.4 Å². The Morgan fingerprint density at radius 1 is 1.42 bits per heavy atom. The monoisotopic (exact) mass is 265 g/mol. The Morgan fingerprint density at radius 2 is 2.21 bits per heavy atom. The molecule has 1 aromatic heterocycles. The maximum absolute atomic E-state index is 13.3. The second-order valence-corrected chi connectivity index (χ2v) is 4.24. The summed E-state index contributed by atoms with van der Waals surface area (Å²) >= 11 is 0. The maximum atomic E-state index is 13.3. The zero-order valence-corrected chi connectivity index (χ0v) is 10.9. The van der Waals surface area contributed by atoms with Crippen LogP contribution in [0.2, 0.25) is 0 Å². The molecule has 1 atom stereocenters. The van der Waals surface area contributed by atoms with E-state index in [-0.39, 0.29) is 11.7 Å². The first-order chi connectivity index (χ1) is 9.10. The van der Waals surface area contributed by atoms with Gasteiger partial charge in [0, 0.05) is 12.2 Å². The second-order valence-electron chi connectivity index (χ2n) is 4.24. The lowest BCUT2D eigenvalue weighted by molar-refractivity contribution is 0.130. The molecule has 1 unspecified atom stereocenters. The molecule has 6 heteroatoms. The minimum atomic E-state index is -0.452. The van der Waals surface area contributed by atoms with E-state index in [1.54, 1.807) is 13.0 Å². The van der Waals surface area contributed by atoms with Gasteiger partial charge in [-0.2, -0.15) is 4.98 Å². The Morgan fingerprint density at radius 3 is 2.89 bits per heavy atom. The smallest absolute Gasteiger partial charge is 0.258 e. The number of ether oxygens (including phenoxy) is 1. The molecule has 2 rings (SSSR count). The number of hydrogen-bond acceptors (Lipinski definition) is 5. The molecule has 0 saturated carbocycles. The lowest BCUT2D eigenvalue weighted by Gasteiger charge is -2.05. The minimum Gasteiger partial charge on any atom is -0.380 e. The van der Waals surface area contributed by atoms with Crippen molar-refractivity contribution >= 4 is 0 Å². The van der Waals surface area contributed by atoms with Gasteiger partial charge >= 0.3 is 0 Å². The fourth-order valence-electron chi connectivity index (χ4n) is 1.68. The van der Waals surface area contributed by atoms with E-state index in [1.807, 2.05) is 6.92 Å². The number of aryl methyl sites for hydroxylation is 1. The van der Waals surface area contributed by atoms with Crippen LogP contribution in [0.3, 0.4) is 0 Å². The van der Waals surface area contributed by atoms with Crippen molar-refractivity contribution in [2.75, 3.05) is 13.2 Å². The van der Waals surface area contributed by atoms with Crippen LogP contribution in [0.25, 0.3) is 11.5 Å². The highest BCUT2D eigenvalue weighted by Gasteiger charge is 2.16. The average Bonchev–Trinajstić information content (AvgIpc) is 2.84. The molecule has 102 valence electrons. The lowest BCUT2D eigenvalue weighted by atomic mass is 10.1. The predicted molar refractivity (Wildman–Crippen MR) is 67.9 cm³/mol. The molecule has 5 nitrogen and oxygen atoms in total. The Balaban J connectivity index is 2.20. The van der Waals surface area contributed by atoms with Crippen molar-refractivity contribution in [3.63, 3.8) is 0 Å². The molecule has 0 aliphatic heterocycles. The Kier molecular flexibility index (Phi) is 4.24. The number of aromatic nitrogens is 2. The zero-order valence-electron chi connectivity index (χ0n) is 10.9. The first kappa shape index (κ1) is 13.6. The summed E-state index contributed by atoms with van der Waals surface area (Å²) in [5, 5.41) is 3.79. The third kappa shape index (κ3) is 3.36. The molecule has 0 aliphatic rings. The number of hydrogen-bond donors (Lipinski definition) is 1. The molecule has 2 N–H and O–H groups in total. The van der Waals surface area contributed by atoms with E-state index in [0.29, 0.717) is 24.6 Å². The largest absolute Gasteiger partial charge is 0.380 e. The van der Waals surface area contributed by atoms with Gasteiger partial charge in [0.05, 0.1) is 12.6 Å². The fourth-order valence-corrected chi connectivity index (χ4v) is 1.68. The van der Waals surface area contributed by atoms with Crippen LogP contribution in [0, 0.1) is 12.7 Å². The summed E-state index contributed by atoms with van der Waals surface area (Å²) in [7, 11) is 0. The molecular weight excluding hydrogens is 249 g/mol. The predicted octanol–water partition coefficient (Wildman–Crippen LogP) is 2.22. The molecule has 2 aromatic rings. The van der Waals surface area contributed by atoms with Gasteiger partial charge < -0.3 is 15.0 Å². The fraction of sp³-hybridized carbons (Fsp3) is 0.385. The molecule has 1 heterocycles. The third-order valence-electron chi connectivity index (χ3n) is 2.56. The lowest BCUT2D eigenvalue weighted by Crippen LogP contribution is -2.18. The van der Waals surface area contributed by atoms with Gasteiger partial charge in [-0.25, -0.2) is 4.39 Å². The van der Waals surface area contributed by atoms with Gasteiger partial charge in [-0.1, -0.05) is 5.16 Å². The summed E-state index contributed by atoms with van der Waals surface area (Å²) in [4.78, 5) is 4.17. The van der Waals surface area contributed by atoms with Crippen LogP contribution in [0.1, 0.15) is 24.4 Å². The number of halogens is 1. The summed E-state index contributed by atoms with van der Waals surface area (Å²) < 4.78 is 23.6. The third-order valence-corrected chi connectivity index (χ3v) is 2.56. The van der Waals surface area contributed by atoms with Crippen molar-refractivity contribution in [3.8, 4) is 11.5 Å². The molecule has 0 amide bonds. The molecule has 0 radical (unpaired) electrons. The first-order valence-electron chi connectivity index (χ1n) is 6.04. The van der Waals surface area contributed by atoms with Crippen LogP contribution >= 0.6 is 0 Å². The van der Waals surface area contributed by atoms with Gasteiger partial charge in [-0.3, -0.25) is 0 Å². The summed E-state index contributed by atoms with van der Waals surface area (Å²) in [6.07, 6.45) is 0. The normalized spacial score (nSPS) is 12.6. The number of nitrogens with two attached hydrogens (primary N) is 1. The molecule has 0 bridgehead atoms. The van der Waals surface area contributed by atoms with E-state index >= 15 is 0 Å². The molecule has 19 heavy (non-hydrogen) atoms. The highest BCUT2D eigenvalue weighted by Crippen LogP contribution is 2.21. The standard InChI is InChI=1S/C13H16FN3O2/c1-3-18-7-11(15)12-16-13(19-17-12)9-4-8(2)5-10(14)6-9/h4-6,11H,3,7,15H2,1-2H3. The van der Waals surface area contributed by atoms with Crippen LogP contribution in [0.15, 0.2) is 22.7 Å². The van der Waals surface area contributed by atoms with Crippen molar-refractivity contribution in [1.29, 1.82) is 0 Å². The van der Waals surface area contributed by atoms with Crippen LogP contribution in [0.5, 0.6) is 0 Å². The second kappa shape index (κ2) is 5.90. The summed E-state index contributed by atoms with van der Waals surface area (Å²) in [5.41, 5.74) is 7.18. The average molecular weight is 265 g/mol. The van der Waals surface area contributed by atoms with Crippen molar-refractivity contribution in [2.45, 2.75) is 19.9 Å². The molecule has 0 fully saturated rings. The maximum Gasteiger partial charge on any atom is 0.258 e. The number of benzene rings is 1. The quantitative estimate of drug-likeness (QED) is 0.897. The topological polar surface area (TPSA) is 74.2 Å². The Hall–Kier alpha value is -1.79. The van der Waals surface area contributed by atoms with E-state index in [2.05, 4.69) is 10.1 Å². The zero-order chi connectivity index (χ0) is 13.8. The highest BCUT2D eigenvalue weighted by molar-refractivity contribution is 5.54. The Labute approximate surface area is 110 Å². The van der Waals surface area contributed by atoms with E-state index in [1.165, 1.54) is 12.1 Å². The summed E-state index contributed by atoms with van der Waals surface area (Å²) in [6, 6.07) is 4.10. The van der Waals surface area contributed by atoms with E-state index in [4.69, 9.17) is 15.0 Å². The number of nitrogens with zero attached hydrogens (tertiary/aromatic N) is 2. The summed E-state index contributed by atoms with van der Waals surface area (Å²) in [5.74, 6) is 0.267. The molecule has 0 aliphatic carbocycles. The SMILES string of the molecule is CCOCC(N)c1noc(-c2cc(C)cc(F)c2)n1. The van der Waals surface area contributed by atoms with Crippen LogP contribution in [0.4, 0.5) is 4.39 Å². The van der Waals surface area contributed by atoms with Crippen molar-refractivity contribution in [2.24, 2.45) is 5.73 Å². The molecule has 0 spiro atoms. The van der Waals surface area contributed by atoms with E-state index < -0.39 is 6.04 Å². The first-order valence-corrected chi connectivity index (χ1v) is 6.04. The minimum absolute atomic E-state index is 0.254. The van der Waals surface area contributed by atoms with E-state index in [0.717, 1.165) is 5.56 Å². The molecule has 0 saturated heterocycles. The van der Waals surface area contributed by atoms with Crippen molar-refractivity contribution in [1.82, 2.24) is 10.1 Å². The van der Waals surface area contributed by atoms with Crippen LogP contribution < -0.4 is 5.73 Å². The molecule has 1 aromatic carbocycles. The summed E-state index contributed by atoms with van der Waals surface area (Å²) in [6.45, 7) is 4.56. The van der Waals surface area contributed by atoms with E-state index in [9.17, 15) is 4.39 Å². The highest BCUT2D eigenvalue weighted by atomic mass is 19.1. The van der Waals surface area contributed by atoms with Gasteiger partial charge in [0.15, 0.2) is 5.82 Å². The van der Waals surface area contributed by atoms with Crippen molar-refractivity contribution < 1.29 is 13.7 Å².